The van der Waals surface area contributed by atoms with Crippen molar-refractivity contribution < 1.29 is 28.9 Å². The highest BCUT2D eigenvalue weighted by Crippen LogP contribution is 2.46. The zero-order valence-corrected chi connectivity index (χ0v) is 26.4. The topological polar surface area (TPSA) is 106 Å². The van der Waals surface area contributed by atoms with E-state index in [4.69, 9.17) is 19.0 Å². The second-order valence-electron chi connectivity index (χ2n) is 7.27. The number of ether oxygens (including phenoxy) is 2. The van der Waals surface area contributed by atoms with Crippen molar-refractivity contribution in [3.05, 3.63) is 66.5 Å². The van der Waals surface area contributed by atoms with E-state index >= 15 is 0 Å². The van der Waals surface area contributed by atoms with Gasteiger partial charge in [-0.25, -0.2) is 4.79 Å². The number of phenols is 1. The molecule has 182 valence electrons. The number of carbonyl (C=O) groups excluding carboxylic acids is 1. The van der Waals surface area contributed by atoms with E-state index in [0.29, 0.717) is 53.3 Å². The van der Waals surface area contributed by atoms with Crippen molar-refractivity contribution in [2.24, 2.45) is 0 Å². The summed E-state index contributed by atoms with van der Waals surface area (Å²) in [6, 6.07) is 10.7. The maximum Gasteiger partial charge on any atom is 0.338 e. The average Bonchev–Trinajstić information content (AvgIpc) is 2.85. The van der Waals surface area contributed by atoms with Crippen molar-refractivity contribution in [1.82, 2.24) is 0 Å². The molecule has 0 fully saturated rings. The standard InChI is InChI=1S/C24H16I4O7/c25-15-9-13-17(11-3-1-2-4-12(11)24(32)34-8-7-33-6-5-29)14-10-16(26)21(31)19(28)23(14)35-22(13)18(27)20(15)30/h1-4,9-10,29-30H,5-8H2. The van der Waals surface area contributed by atoms with E-state index in [0.717, 1.165) is 0 Å². The number of phenolic OH excluding ortho intramolecular Hbond substituents is 1. The molecule has 2 aromatic carbocycles. The van der Waals surface area contributed by atoms with Gasteiger partial charge in [0.25, 0.3) is 0 Å². The fourth-order valence-corrected chi connectivity index (χ4v) is 7.18. The van der Waals surface area contributed by atoms with Gasteiger partial charge in [0, 0.05) is 16.5 Å². The molecule has 1 aliphatic heterocycles. The first-order chi connectivity index (χ1) is 16.8. The highest BCUT2D eigenvalue weighted by molar-refractivity contribution is 14.1. The Morgan fingerprint density at radius 3 is 2.43 bits per heavy atom. The first-order valence-corrected chi connectivity index (χ1v) is 14.5. The maximum absolute atomic E-state index is 13.1. The third-order valence-electron chi connectivity index (χ3n) is 5.14. The molecular weight excluding hydrogens is 908 g/mol. The molecule has 0 saturated heterocycles. The number of rotatable bonds is 7. The van der Waals surface area contributed by atoms with Gasteiger partial charge in [-0.1, -0.05) is 18.2 Å². The molecule has 0 unspecified atom stereocenters. The minimum Gasteiger partial charge on any atom is -0.506 e. The minimum absolute atomic E-state index is 0.0395. The molecule has 0 aromatic heterocycles. The number of hydrogen-bond acceptors (Lipinski definition) is 7. The Balaban J connectivity index is 1.99. The van der Waals surface area contributed by atoms with Gasteiger partial charge >= 0.3 is 5.97 Å². The molecule has 1 aliphatic carbocycles. The summed E-state index contributed by atoms with van der Waals surface area (Å²) in [4.78, 5) is 25.8. The number of aliphatic hydroxyl groups excluding tert-OH is 1. The van der Waals surface area contributed by atoms with Gasteiger partial charge < -0.3 is 24.1 Å². The van der Waals surface area contributed by atoms with Gasteiger partial charge in [0.1, 0.15) is 15.9 Å². The molecule has 7 nitrogen and oxygen atoms in total. The summed E-state index contributed by atoms with van der Waals surface area (Å²) in [7, 11) is 0. The Bertz CT molecular complexity index is 1470. The first kappa shape index (κ1) is 27.3. The lowest BCUT2D eigenvalue weighted by atomic mass is 9.91. The Morgan fingerprint density at radius 1 is 0.943 bits per heavy atom. The van der Waals surface area contributed by atoms with Crippen molar-refractivity contribution >= 4 is 107 Å². The molecule has 2 aliphatic rings. The normalized spacial score (nSPS) is 11.3. The second kappa shape index (κ2) is 11.7. The number of aliphatic hydroxyl groups is 1. The van der Waals surface area contributed by atoms with Crippen molar-refractivity contribution in [1.29, 1.82) is 0 Å². The SMILES string of the molecule is O=C(OCCOCCO)c1ccccc1-c1c2cc(I)c(=O)c(I)c-2oc2c(I)c(O)c(I)cc12. The molecule has 1 heterocycles. The van der Waals surface area contributed by atoms with Gasteiger partial charge in [0.2, 0.25) is 5.43 Å². The van der Waals surface area contributed by atoms with E-state index in [1.807, 2.05) is 79.9 Å². The fourth-order valence-electron chi connectivity index (χ4n) is 3.60. The van der Waals surface area contributed by atoms with Crippen molar-refractivity contribution in [3.63, 3.8) is 0 Å². The van der Waals surface area contributed by atoms with Crippen LogP contribution in [0.5, 0.6) is 5.75 Å². The van der Waals surface area contributed by atoms with Crippen LogP contribution in [0.15, 0.2) is 45.6 Å². The number of halogens is 4. The minimum atomic E-state index is -0.525. The summed E-state index contributed by atoms with van der Waals surface area (Å²) in [6.45, 7) is 0.273. The number of hydrogen-bond donors (Lipinski definition) is 2. The van der Waals surface area contributed by atoms with E-state index < -0.39 is 5.97 Å². The van der Waals surface area contributed by atoms with Gasteiger partial charge in [-0.3, -0.25) is 4.79 Å². The van der Waals surface area contributed by atoms with Gasteiger partial charge in [-0.15, -0.1) is 0 Å². The third kappa shape index (κ3) is 5.44. The van der Waals surface area contributed by atoms with E-state index in [1.165, 1.54) is 0 Å². The van der Waals surface area contributed by atoms with Crippen LogP contribution in [-0.4, -0.2) is 42.6 Å². The Kier molecular flexibility index (Phi) is 9.15. The largest absolute Gasteiger partial charge is 0.506 e. The molecule has 35 heavy (non-hydrogen) atoms. The zero-order chi connectivity index (χ0) is 25.3. The molecule has 2 N–H and O–H groups in total. The molecule has 0 amide bonds. The number of carbonyl (C=O) groups is 1. The predicted octanol–water partition coefficient (Wildman–Crippen LogP) is 5.85. The smallest absolute Gasteiger partial charge is 0.338 e. The van der Waals surface area contributed by atoms with Crippen LogP contribution in [0.1, 0.15) is 10.4 Å². The molecule has 0 atom stereocenters. The lowest BCUT2D eigenvalue weighted by Gasteiger charge is -2.20. The highest BCUT2D eigenvalue weighted by atomic mass is 127. The van der Waals surface area contributed by atoms with Crippen LogP contribution in [0, 0.1) is 14.3 Å². The summed E-state index contributed by atoms with van der Waals surface area (Å²) in [5, 5.41) is 20.1. The van der Waals surface area contributed by atoms with E-state index in [9.17, 15) is 14.7 Å². The lowest BCUT2D eigenvalue weighted by molar-refractivity contribution is 0.0259. The summed E-state index contributed by atoms with van der Waals surface area (Å²) in [6.07, 6.45) is 0. The van der Waals surface area contributed by atoms with Crippen LogP contribution in [-0.2, 0) is 9.47 Å². The Morgan fingerprint density at radius 2 is 1.69 bits per heavy atom. The summed E-state index contributed by atoms with van der Waals surface area (Å²) >= 11 is 8.05. The quantitative estimate of drug-likeness (QED) is 0.104. The summed E-state index contributed by atoms with van der Waals surface area (Å²) < 4.78 is 18.9. The molecule has 4 rings (SSSR count). The predicted molar refractivity (Wildman–Crippen MR) is 165 cm³/mol. The van der Waals surface area contributed by atoms with E-state index in [2.05, 4.69) is 22.6 Å². The van der Waals surface area contributed by atoms with Crippen LogP contribution in [0.2, 0.25) is 0 Å². The van der Waals surface area contributed by atoms with Crippen molar-refractivity contribution in [2.75, 3.05) is 26.4 Å². The summed E-state index contributed by atoms with van der Waals surface area (Å²) in [5.74, 6) is -0.0490. The number of aromatic hydroxyl groups is 1. The molecule has 0 saturated carbocycles. The van der Waals surface area contributed by atoms with Crippen molar-refractivity contribution in [3.8, 4) is 28.2 Å². The van der Waals surface area contributed by atoms with Crippen LogP contribution in [0.3, 0.4) is 0 Å². The van der Waals surface area contributed by atoms with Crippen LogP contribution in [0.4, 0.5) is 0 Å². The second-order valence-corrected chi connectivity index (χ2v) is 11.8. The van der Waals surface area contributed by atoms with Gasteiger partial charge in [0.05, 0.1) is 36.1 Å². The number of esters is 1. The van der Waals surface area contributed by atoms with Crippen LogP contribution >= 0.6 is 90.4 Å². The van der Waals surface area contributed by atoms with Gasteiger partial charge in [0.15, 0.2) is 11.3 Å². The zero-order valence-electron chi connectivity index (χ0n) is 17.7. The van der Waals surface area contributed by atoms with Gasteiger partial charge in [-0.05, 0) is 114 Å². The van der Waals surface area contributed by atoms with Crippen LogP contribution < -0.4 is 5.43 Å². The van der Waals surface area contributed by atoms with Crippen LogP contribution in [0.25, 0.3) is 33.4 Å². The average molecular weight is 924 g/mol. The molecule has 0 radical (unpaired) electrons. The maximum atomic E-state index is 13.1. The lowest BCUT2D eigenvalue weighted by Crippen LogP contribution is -2.14. The highest BCUT2D eigenvalue weighted by Gasteiger charge is 2.27. The van der Waals surface area contributed by atoms with E-state index in [-0.39, 0.29) is 37.6 Å². The fraction of sp³-hybridized carbons (Fsp3) is 0.167. The third-order valence-corrected chi connectivity index (χ3v) is 8.74. The number of benzene rings is 3. The Hall–Kier alpha value is -0.760. The molecule has 0 bridgehead atoms. The van der Waals surface area contributed by atoms with Gasteiger partial charge in [-0.2, -0.15) is 0 Å². The monoisotopic (exact) mass is 924 g/mol. The molecule has 11 heteroatoms. The first-order valence-electron chi connectivity index (χ1n) is 10.2. The number of fused-ring (bicyclic) bond motifs is 2. The van der Waals surface area contributed by atoms with Crippen molar-refractivity contribution in [2.45, 2.75) is 0 Å². The molecular formula is C24H16I4O7. The molecule has 2 aromatic rings. The Labute approximate surface area is 254 Å². The van der Waals surface area contributed by atoms with E-state index in [1.54, 1.807) is 24.3 Å². The summed E-state index contributed by atoms with van der Waals surface area (Å²) in [5.41, 5.74) is 2.62. The molecule has 0 spiro atoms.